The third-order valence-electron chi connectivity index (χ3n) is 1.81. The zero-order chi connectivity index (χ0) is 11.9. The molecule has 0 rings (SSSR count). The van der Waals surface area contributed by atoms with Gasteiger partial charge in [-0.1, -0.05) is 13.3 Å². The summed E-state index contributed by atoms with van der Waals surface area (Å²) in [5.41, 5.74) is -0.943. The molecule has 0 saturated carbocycles. The lowest BCUT2D eigenvalue weighted by Gasteiger charge is -2.22. The summed E-state index contributed by atoms with van der Waals surface area (Å²) in [4.78, 5) is 21.1. The number of amides is 1. The predicted molar refractivity (Wildman–Crippen MR) is 55.3 cm³/mol. The van der Waals surface area contributed by atoms with E-state index in [2.05, 4.69) is 5.32 Å². The standard InChI is InChI=1S/C10H17NO4/c1-3-6-10(2,15)7-11-8(12)4-5-9(13)14/h4-5,15H,3,6-7H2,1-2H3,(H,11,12)(H,13,14)/b5-4+. The van der Waals surface area contributed by atoms with Crippen LogP contribution in [0.4, 0.5) is 0 Å². The summed E-state index contributed by atoms with van der Waals surface area (Å²) in [6.07, 6.45) is 3.07. The molecule has 1 amide bonds. The van der Waals surface area contributed by atoms with E-state index in [0.29, 0.717) is 6.42 Å². The summed E-state index contributed by atoms with van der Waals surface area (Å²) in [6, 6.07) is 0. The largest absolute Gasteiger partial charge is 0.478 e. The molecule has 3 N–H and O–H groups in total. The second-order valence-corrected chi connectivity index (χ2v) is 3.64. The molecule has 0 fully saturated rings. The summed E-state index contributed by atoms with van der Waals surface area (Å²) in [6.45, 7) is 3.67. The Morgan fingerprint density at radius 3 is 2.47 bits per heavy atom. The van der Waals surface area contributed by atoms with E-state index < -0.39 is 17.5 Å². The minimum Gasteiger partial charge on any atom is -0.478 e. The van der Waals surface area contributed by atoms with Crippen LogP contribution in [-0.4, -0.2) is 34.2 Å². The van der Waals surface area contributed by atoms with Gasteiger partial charge in [0.1, 0.15) is 0 Å². The zero-order valence-electron chi connectivity index (χ0n) is 8.99. The molecule has 0 aliphatic carbocycles. The Hall–Kier alpha value is -1.36. The topological polar surface area (TPSA) is 86.6 Å². The summed E-state index contributed by atoms with van der Waals surface area (Å²) in [5.74, 6) is -1.70. The fourth-order valence-electron chi connectivity index (χ4n) is 1.11. The number of hydrogen-bond donors (Lipinski definition) is 3. The van der Waals surface area contributed by atoms with Gasteiger partial charge in [0.15, 0.2) is 0 Å². The van der Waals surface area contributed by atoms with Crippen LogP contribution in [0.2, 0.25) is 0 Å². The number of carboxylic acid groups (broad SMARTS) is 1. The van der Waals surface area contributed by atoms with Crippen molar-refractivity contribution < 1.29 is 19.8 Å². The third kappa shape index (κ3) is 7.69. The van der Waals surface area contributed by atoms with Gasteiger partial charge in [-0.25, -0.2) is 4.79 Å². The van der Waals surface area contributed by atoms with Gasteiger partial charge in [0.2, 0.25) is 5.91 Å². The average molecular weight is 215 g/mol. The number of nitrogens with one attached hydrogen (secondary N) is 1. The van der Waals surface area contributed by atoms with Crippen molar-refractivity contribution in [1.82, 2.24) is 5.32 Å². The normalized spacial score (nSPS) is 14.9. The monoisotopic (exact) mass is 215 g/mol. The van der Waals surface area contributed by atoms with E-state index in [9.17, 15) is 14.7 Å². The van der Waals surface area contributed by atoms with Crippen molar-refractivity contribution in [1.29, 1.82) is 0 Å². The molecule has 0 aromatic carbocycles. The van der Waals surface area contributed by atoms with Crippen LogP contribution >= 0.6 is 0 Å². The van der Waals surface area contributed by atoms with Crippen molar-refractivity contribution in [2.75, 3.05) is 6.54 Å². The minimum atomic E-state index is -1.18. The fourth-order valence-corrected chi connectivity index (χ4v) is 1.11. The van der Waals surface area contributed by atoms with E-state index in [1.807, 2.05) is 6.92 Å². The lowest BCUT2D eigenvalue weighted by atomic mass is 10.0. The van der Waals surface area contributed by atoms with Crippen LogP contribution in [0.15, 0.2) is 12.2 Å². The molecule has 0 spiro atoms. The Kier molecular flexibility index (Phi) is 5.62. The zero-order valence-corrected chi connectivity index (χ0v) is 8.99. The highest BCUT2D eigenvalue weighted by molar-refractivity contribution is 5.93. The second kappa shape index (κ2) is 6.19. The maximum atomic E-state index is 11.0. The molecule has 0 aromatic heterocycles. The first-order valence-electron chi connectivity index (χ1n) is 4.78. The molecule has 0 aromatic rings. The van der Waals surface area contributed by atoms with Crippen molar-refractivity contribution in [2.24, 2.45) is 0 Å². The maximum Gasteiger partial charge on any atom is 0.328 e. The van der Waals surface area contributed by atoms with Crippen LogP contribution in [0.3, 0.4) is 0 Å². The van der Waals surface area contributed by atoms with Crippen LogP contribution in [0, 0.1) is 0 Å². The molecule has 0 radical (unpaired) electrons. The van der Waals surface area contributed by atoms with Gasteiger partial charge in [-0.3, -0.25) is 4.79 Å². The lowest BCUT2D eigenvalue weighted by molar-refractivity contribution is -0.131. The van der Waals surface area contributed by atoms with Crippen LogP contribution in [0.1, 0.15) is 26.7 Å². The number of aliphatic carboxylic acids is 1. The molecule has 0 saturated heterocycles. The summed E-state index contributed by atoms with van der Waals surface area (Å²) < 4.78 is 0. The van der Waals surface area contributed by atoms with Crippen LogP contribution in [0.25, 0.3) is 0 Å². The van der Waals surface area contributed by atoms with Gasteiger partial charge < -0.3 is 15.5 Å². The van der Waals surface area contributed by atoms with E-state index in [-0.39, 0.29) is 6.54 Å². The Balaban J connectivity index is 3.95. The highest BCUT2D eigenvalue weighted by Crippen LogP contribution is 2.09. The number of hydrogen-bond acceptors (Lipinski definition) is 3. The Bertz CT molecular complexity index is 258. The molecule has 0 aliphatic rings. The van der Waals surface area contributed by atoms with Crippen LogP contribution in [-0.2, 0) is 9.59 Å². The van der Waals surface area contributed by atoms with Crippen molar-refractivity contribution in [3.63, 3.8) is 0 Å². The quantitative estimate of drug-likeness (QED) is 0.556. The molecule has 0 heterocycles. The lowest BCUT2D eigenvalue weighted by Crippen LogP contribution is -2.39. The maximum absolute atomic E-state index is 11.0. The van der Waals surface area contributed by atoms with Crippen LogP contribution < -0.4 is 5.32 Å². The van der Waals surface area contributed by atoms with Gasteiger partial charge in [0.25, 0.3) is 0 Å². The minimum absolute atomic E-state index is 0.115. The van der Waals surface area contributed by atoms with Crippen LogP contribution in [0.5, 0.6) is 0 Å². The molecule has 5 nitrogen and oxygen atoms in total. The third-order valence-corrected chi connectivity index (χ3v) is 1.81. The Morgan fingerprint density at radius 1 is 1.40 bits per heavy atom. The van der Waals surface area contributed by atoms with E-state index in [1.165, 1.54) is 0 Å². The molecule has 0 bridgehead atoms. The summed E-state index contributed by atoms with van der Waals surface area (Å²) >= 11 is 0. The van der Waals surface area contributed by atoms with Crippen molar-refractivity contribution in [3.05, 3.63) is 12.2 Å². The Labute approximate surface area is 88.8 Å². The van der Waals surface area contributed by atoms with Gasteiger partial charge in [0, 0.05) is 18.7 Å². The highest BCUT2D eigenvalue weighted by Gasteiger charge is 2.19. The van der Waals surface area contributed by atoms with Gasteiger partial charge in [-0.05, 0) is 13.3 Å². The molecule has 1 unspecified atom stereocenters. The molecule has 86 valence electrons. The van der Waals surface area contributed by atoms with Crippen molar-refractivity contribution in [2.45, 2.75) is 32.3 Å². The summed E-state index contributed by atoms with van der Waals surface area (Å²) in [7, 11) is 0. The predicted octanol–water partition coefficient (Wildman–Crippen LogP) is 0.294. The summed E-state index contributed by atoms with van der Waals surface area (Å²) in [5, 5.41) is 20.4. The van der Waals surface area contributed by atoms with Gasteiger partial charge >= 0.3 is 5.97 Å². The first-order chi connectivity index (χ1) is 6.87. The molecular weight excluding hydrogens is 198 g/mol. The number of aliphatic hydroxyl groups is 1. The fraction of sp³-hybridized carbons (Fsp3) is 0.600. The van der Waals surface area contributed by atoms with Gasteiger partial charge in [-0.15, -0.1) is 0 Å². The molecule has 15 heavy (non-hydrogen) atoms. The molecule has 0 aliphatic heterocycles. The number of carbonyl (C=O) groups is 2. The molecule has 5 heteroatoms. The Morgan fingerprint density at radius 2 is 2.00 bits per heavy atom. The number of carbonyl (C=O) groups excluding carboxylic acids is 1. The van der Waals surface area contributed by atoms with Gasteiger partial charge in [-0.2, -0.15) is 0 Å². The number of rotatable bonds is 6. The molecule has 1 atom stereocenters. The van der Waals surface area contributed by atoms with E-state index >= 15 is 0 Å². The average Bonchev–Trinajstić information content (AvgIpc) is 2.11. The van der Waals surface area contributed by atoms with E-state index in [4.69, 9.17) is 5.11 Å². The van der Waals surface area contributed by atoms with Crippen molar-refractivity contribution >= 4 is 11.9 Å². The van der Waals surface area contributed by atoms with Crippen molar-refractivity contribution in [3.8, 4) is 0 Å². The first-order valence-corrected chi connectivity index (χ1v) is 4.78. The number of carboxylic acids is 1. The highest BCUT2D eigenvalue weighted by atomic mass is 16.4. The first kappa shape index (κ1) is 13.6. The van der Waals surface area contributed by atoms with E-state index in [0.717, 1.165) is 18.6 Å². The second-order valence-electron chi connectivity index (χ2n) is 3.64. The smallest absolute Gasteiger partial charge is 0.328 e. The SMILES string of the molecule is CCCC(C)(O)CNC(=O)/C=C/C(=O)O. The van der Waals surface area contributed by atoms with E-state index in [1.54, 1.807) is 6.92 Å². The molecular formula is C10H17NO4. The van der Waals surface area contributed by atoms with Gasteiger partial charge in [0.05, 0.1) is 5.60 Å².